The predicted octanol–water partition coefficient (Wildman–Crippen LogP) is 2.64. The molecule has 0 heterocycles. The van der Waals surface area contributed by atoms with Crippen LogP contribution in [0.4, 0.5) is 5.69 Å². The third kappa shape index (κ3) is 5.52. The van der Waals surface area contributed by atoms with Gasteiger partial charge in [0.25, 0.3) is 5.91 Å². The second kappa shape index (κ2) is 9.07. The number of nitrogens with zero attached hydrogens (tertiary/aromatic N) is 2. The average molecular weight is 370 g/mol. The Balaban J connectivity index is 1.76. The van der Waals surface area contributed by atoms with E-state index in [1.165, 1.54) is 18.2 Å². The Labute approximate surface area is 154 Å². The van der Waals surface area contributed by atoms with Gasteiger partial charge in [-0.3, -0.25) is 4.79 Å². The van der Waals surface area contributed by atoms with E-state index in [9.17, 15) is 9.59 Å². The molecule has 0 aliphatic rings. The van der Waals surface area contributed by atoms with Crippen molar-refractivity contribution in [2.24, 2.45) is 0 Å². The molecule has 0 fully saturated rings. The lowest BCUT2D eigenvalue weighted by atomic mass is 10.2. The van der Waals surface area contributed by atoms with E-state index in [4.69, 9.17) is 31.6 Å². The second-order valence-electron chi connectivity index (χ2n) is 4.94. The fourth-order valence-corrected chi connectivity index (χ4v) is 2.06. The number of esters is 1. The van der Waals surface area contributed by atoms with Crippen LogP contribution in [0.25, 0.3) is 0 Å². The summed E-state index contributed by atoms with van der Waals surface area (Å²) in [7, 11) is 0. The van der Waals surface area contributed by atoms with Gasteiger partial charge in [-0.1, -0.05) is 11.6 Å². The van der Waals surface area contributed by atoms with E-state index >= 15 is 0 Å². The maximum atomic E-state index is 11.8. The number of benzene rings is 2. The summed E-state index contributed by atoms with van der Waals surface area (Å²) in [4.78, 5) is 23.4. The largest absolute Gasteiger partial charge is 0.482 e. The molecule has 8 heteroatoms. The molecule has 0 aliphatic carbocycles. The Kier molecular flexibility index (Phi) is 6.55. The van der Waals surface area contributed by atoms with Gasteiger partial charge in [0.15, 0.2) is 13.2 Å². The van der Waals surface area contributed by atoms with Crippen LogP contribution in [0, 0.1) is 22.7 Å². The van der Waals surface area contributed by atoms with Crippen LogP contribution in [0.3, 0.4) is 0 Å². The number of rotatable bonds is 6. The summed E-state index contributed by atoms with van der Waals surface area (Å²) >= 11 is 5.87. The molecule has 0 bridgehead atoms. The Bertz CT molecular complexity index is 898. The van der Waals surface area contributed by atoms with Crippen LogP contribution in [0.15, 0.2) is 42.5 Å². The minimum absolute atomic E-state index is 0.207. The number of ether oxygens (including phenoxy) is 2. The highest BCUT2D eigenvalue weighted by Crippen LogP contribution is 2.20. The quantitative estimate of drug-likeness (QED) is 0.783. The molecule has 1 N–H and O–H groups in total. The zero-order valence-electron chi connectivity index (χ0n) is 13.4. The molecule has 0 saturated heterocycles. The van der Waals surface area contributed by atoms with E-state index < -0.39 is 18.5 Å². The van der Waals surface area contributed by atoms with Gasteiger partial charge in [0.05, 0.1) is 22.2 Å². The topological polar surface area (TPSA) is 112 Å². The molecule has 0 unspecified atom stereocenters. The standard InChI is InChI=1S/C18H12ClN3O4/c19-16-7-14(4-3-13(16)9-21)22-17(23)10-26-18(24)11-25-15-5-1-12(8-20)2-6-15/h1-7H,10-11H2,(H,22,23). The van der Waals surface area contributed by atoms with Crippen LogP contribution in [0.1, 0.15) is 11.1 Å². The molecule has 26 heavy (non-hydrogen) atoms. The third-order valence-corrected chi connectivity index (χ3v) is 3.39. The average Bonchev–Trinajstić information content (AvgIpc) is 2.65. The molecule has 2 aromatic rings. The van der Waals surface area contributed by atoms with E-state index in [0.29, 0.717) is 17.0 Å². The van der Waals surface area contributed by atoms with Crippen molar-refractivity contribution in [2.75, 3.05) is 18.5 Å². The molecule has 7 nitrogen and oxygen atoms in total. The molecule has 0 spiro atoms. The number of nitriles is 2. The van der Waals surface area contributed by atoms with E-state index in [1.54, 1.807) is 24.3 Å². The molecule has 0 aromatic heterocycles. The number of hydrogen-bond donors (Lipinski definition) is 1. The van der Waals surface area contributed by atoms with Gasteiger partial charge in [0.2, 0.25) is 0 Å². The van der Waals surface area contributed by atoms with Crippen LogP contribution >= 0.6 is 11.6 Å². The summed E-state index contributed by atoms with van der Waals surface area (Å²) in [5, 5.41) is 20.2. The Morgan fingerprint density at radius 3 is 2.38 bits per heavy atom. The Morgan fingerprint density at radius 1 is 1.04 bits per heavy atom. The highest BCUT2D eigenvalue weighted by molar-refractivity contribution is 6.32. The summed E-state index contributed by atoms with van der Waals surface area (Å²) < 4.78 is 10.00. The third-order valence-electron chi connectivity index (χ3n) is 3.08. The van der Waals surface area contributed by atoms with Crippen molar-refractivity contribution < 1.29 is 19.1 Å². The first-order chi connectivity index (χ1) is 12.5. The van der Waals surface area contributed by atoms with E-state index in [0.717, 1.165) is 0 Å². The predicted molar refractivity (Wildman–Crippen MR) is 92.4 cm³/mol. The molecule has 2 aromatic carbocycles. The summed E-state index contributed by atoms with van der Waals surface area (Å²) in [6.45, 7) is -0.866. The zero-order valence-corrected chi connectivity index (χ0v) is 14.1. The molecule has 130 valence electrons. The van der Waals surface area contributed by atoms with Crippen molar-refractivity contribution in [1.82, 2.24) is 0 Å². The van der Waals surface area contributed by atoms with Crippen LogP contribution in [-0.2, 0) is 14.3 Å². The summed E-state index contributed by atoms with van der Waals surface area (Å²) in [6.07, 6.45) is 0. The maximum Gasteiger partial charge on any atom is 0.344 e. The molecular formula is C18H12ClN3O4. The maximum absolute atomic E-state index is 11.8. The van der Waals surface area contributed by atoms with Crippen LogP contribution in [0.5, 0.6) is 5.75 Å². The molecule has 0 radical (unpaired) electrons. The monoisotopic (exact) mass is 369 g/mol. The second-order valence-corrected chi connectivity index (χ2v) is 5.35. The smallest absolute Gasteiger partial charge is 0.344 e. The van der Waals surface area contributed by atoms with Crippen LogP contribution in [-0.4, -0.2) is 25.1 Å². The van der Waals surface area contributed by atoms with Crippen LogP contribution < -0.4 is 10.1 Å². The fraction of sp³-hybridized carbons (Fsp3) is 0.111. The van der Waals surface area contributed by atoms with Gasteiger partial charge in [0, 0.05) is 5.69 Å². The van der Waals surface area contributed by atoms with Gasteiger partial charge in [-0.05, 0) is 42.5 Å². The van der Waals surface area contributed by atoms with Crippen molar-refractivity contribution in [1.29, 1.82) is 10.5 Å². The SMILES string of the molecule is N#Cc1ccc(OCC(=O)OCC(=O)Nc2ccc(C#N)c(Cl)c2)cc1. The zero-order chi connectivity index (χ0) is 18.9. The number of nitrogens with one attached hydrogen (secondary N) is 1. The van der Waals surface area contributed by atoms with E-state index in [-0.39, 0.29) is 17.2 Å². The van der Waals surface area contributed by atoms with Gasteiger partial charge in [-0.15, -0.1) is 0 Å². The van der Waals surface area contributed by atoms with Crippen molar-refractivity contribution >= 4 is 29.2 Å². The van der Waals surface area contributed by atoms with Gasteiger partial charge in [0.1, 0.15) is 11.8 Å². The van der Waals surface area contributed by atoms with Gasteiger partial charge >= 0.3 is 5.97 Å². The fourth-order valence-electron chi connectivity index (χ4n) is 1.84. The lowest BCUT2D eigenvalue weighted by molar-refractivity contribution is -0.149. The summed E-state index contributed by atoms with van der Waals surface area (Å²) in [5.74, 6) is -0.877. The molecule has 0 aliphatic heterocycles. The first-order valence-corrected chi connectivity index (χ1v) is 7.67. The Hall–Kier alpha value is -3.55. The highest BCUT2D eigenvalue weighted by atomic mass is 35.5. The molecule has 0 saturated carbocycles. The minimum atomic E-state index is -0.720. The van der Waals surface area contributed by atoms with Crippen molar-refractivity contribution in [3.63, 3.8) is 0 Å². The van der Waals surface area contributed by atoms with Gasteiger partial charge < -0.3 is 14.8 Å². The summed E-state index contributed by atoms with van der Waals surface area (Å²) in [5.41, 5.74) is 1.14. The van der Waals surface area contributed by atoms with Crippen molar-refractivity contribution in [3.8, 4) is 17.9 Å². The van der Waals surface area contributed by atoms with Crippen LogP contribution in [0.2, 0.25) is 5.02 Å². The number of hydrogen-bond acceptors (Lipinski definition) is 6. The lowest BCUT2D eigenvalue weighted by Gasteiger charge is -2.08. The molecular weight excluding hydrogens is 358 g/mol. The van der Waals surface area contributed by atoms with Gasteiger partial charge in [-0.2, -0.15) is 10.5 Å². The molecule has 2 rings (SSSR count). The first kappa shape index (κ1) is 18.8. The summed E-state index contributed by atoms with van der Waals surface area (Å²) in [6, 6.07) is 14.5. The Morgan fingerprint density at radius 2 is 1.77 bits per heavy atom. The number of carbonyl (C=O) groups excluding carboxylic acids is 2. The highest BCUT2D eigenvalue weighted by Gasteiger charge is 2.10. The first-order valence-electron chi connectivity index (χ1n) is 7.30. The lowest BCUT2D eigenvalue weighted by Crippen LogP contribution is -2.23. The number of carbonyl (C=O) groups is 2. The van der Waals surface area contributed by atoms with E-state index in [2.05, 4.69) is 5.32 Å². The van der Waals surface area contributed by atoms with Gasteiger partial charge in [-0.25, -0.2) is 4.79 Å². The van der Waals surface area contributed by atoms with Crippen molar-refractivity contribution in [2.45, 2.75) is 0 Å². The number of halogens is 1. The van der Waals surface area contributed by atoms with E-state index in [1.807, 2.05) is 12.1 Å². The van der Waals surface area contributed by atoms with Crippen molar-refractivity contribution in [3.05, 3.63) is 58.6 Å². The number of anilines is 1. The molecule has 1 amide bonds. The number of amides is 1. The normalized spacial score (nSPS) is 9.50. The molecule has 0 atom stereocenters. The minimum Gasteiger partial charge on any atom is -0.482 e.